The van der Waals surface area contributed by atoms with Crippen LogP contribution in [-0.4, -0.2) is 42.6 Å². The Morgan fingerprint density at radius 2 is 1.62 bits per heavy atom. The first kappa shape index (κ1) is 27.9. The Morgan fingerprint density at radius 1 is 1.00 bits per heavy atom. The molecule has 2 aromatic rings. The number of esters is 1. The Kier molecular flexibility index (Phi) is 11.1. The molecule has 0 radical (unpaired) electrons. The number of phenolic OH excluding ortho intramolecular Hbond substituents is 1. The van der Waals surface area contributed by atoms with Gasteiger partial charge in [0, 0.05) is 16.9 Å². The average molecular weight is 503 g/mol. The van der Waals surface area contributed by atoms with Crippen LogP contribution in [-0.2, 0) is 9.53 Å². The van der Waals surface area contributed by atoms with Gasteiger partial charge in [-0.2, -0.15) is 0 Å². The number of unbranched alkanes of at least 4 members (excludes halogenated alkanes) is 1. The number of allylic oxidation sites excluding steroid dienone is 1. The number of aromatic hydroxyl groups is 1. The molecule has 0 bridgehead atoms. The molecule has 1 N–H and O–H groups in total. The molecule has 0 aliphatic carbocycles. The number of rotatable bonds is 12. The molecular formula is C27H34O5S2. The quantitative estimate of drug-likeness (QED) is 0.146. The molecule has 0 unspecified atom stereocenters. The molecule has 0 saturated carbocycles. The van der Waals surface area contributed by atoms with Crippen molar-refractivity contribution in [2.45, 2.75) is 56.7 Å². The highest BCUT2D eigenvalue weighted by Gasteiger charge is 2.18. The Morgan fingerprint density at radius 3 is 2.21 bits per heavy atom. The third-order valence-corrected chi connectivity index (χ3v) is 7.10. The van der Waals surface area contributed by atoms with Crippen LogP contribution >= 0.6 is 23.5 Å². The molecular weight excluding hydrogens is 468 g/mol. The van der Waals surface area contributed by atoms with Crippen LogP contribution in [0.1, 0.15) is 67.1 Å². The third kappa shape index (κ3) is 7.06. The van der Waals surface area contributed by atoms with Gasteiger partial charge in [0.2, 0.25) is 0 Å². The number of ether oxygens (including phenoxy) is 2. The van der Waals surface area contributed by atoms with Crippen LogP contribution in [0.25, 0.3) is 5.57 Å². The maximum absolute atomic E-state index is 12.3. The van der Waals surface area contributed by atoms with Gasteiger partial charge in [0.25, 0.3) is 0 Å². The molecule has 0 amide bonds. The Balaban J connectivity index is 2.66. The van der Waals surface area contributed by atoms with Gasteiger partial charge in [0.05, 0.1) is 19.1 Å². The first-order chi connectivity index (χ1) is 16.3. The molecule has 2 aromatic carbocycles. The lowest BCUT2D eigenvalue weighted by molar-refractivity contribution is -0.140. The van der Waals surface area contributed by atoms with Crippen LogP contribution in [0.5, 0.6) is 11.5 Å². The SMILES string of the molecule is CCSc1cc(/C(=C/CCCC(=O)OC)c2cc(C)c(C(C)=O)c(SCC)c2)cc(O)c1OC. The van der Waals surface area contributed by atoms with Crippen molar-refractivity contribution >= 4 is 40.8 Å². The van der Waals surface area contributed by atoms with Crippen LogP contribution in [0.3, 0.4) is 0 Å². The van der Waals surface area contributed by atoms with Gasteiger partial charge >= 0.3 is 5.97 Å². The summed E-state index contributed by atoms with van der Waals surface area (Å²) in [7, 11) is 2.94. The van der Waals surface area contributed by atoms with Crippen LogP contribution in [0.2, 0.25) is 0 Å². The van der Waals surface area contributed by atoms with Gasteiger partial charge in [-0.25, -0.2) is 0 Å². The molecule has 184 valence electrons. The number of hydrogen-bond donors (Lipinski definition) is 1. The van der Waals surface area contributed by atoms with Crippen molar-refractivity contribution in [3.05, 3.63) is 52.6 Å². The highest BCUT2D eigenvalue weighted by molar-refractivity contribution is 7.99. The number of hydrogen-bond acceptors (Lipinski definition) is 7. The molecule has 0 heterocycles. The molecule has 7 heteroatoms. The standard InChI is InChI=1S/C27H34O5S2/c1-7-33-23-15-19(13-17(3)26(23)18(4)28)21(11-9-10-12-25(30)31-5)20-14-22(29)27(32-6)24(16-20)34-8-2/h11,13-16,29H,7-10,12H2,1-6H3/b21-11+. The number of Topliss-reactive ketones (excluding diaryl/α,β-unsaturated/α-hetero) is 1. The van der Waals surface area contributed by atoms with E-state index in [9.17, 15) is 14.7 Å². The zero-order valence-electron chi connectivity index (χ0n) is 20.8. The number of carbonyl (C=O) groups is 2. The molecule has 0 saturated heterocycles. The van der Waals surface area contributed by atoms with E-state index in [0.717, 1.165) is 49.1 Å². The van der Waals surface area contributed by atoms with E-state index in [0.29, 0.717) is 25.0 Å². The molecule has 2 rings (SSSR count). The summed E-state index contributed by atoms with van der Waals surface area (Å²) < 4.78 is 10.2. The number of thioether (sulfide) groups is 2. The van der Waals surface area contributed by atoms with Crippen molar-refractivity contribution in [2.24, 2.45) is 0 Å². The van der Waals surface area contributed by atoms with Gasteiger partial charge in [-0.3, -0.25) is 9.59 Å². The molecule has 0 fully saturated rings. The van der Waals surface area contributed by atoms with Gasteiger partial charge in [-0.05, 0) is 78.7 Å². The second-order valence-electron chi connectivity index (χ2n) is 7.70. The van der Waals surface area contributed by atoms with E-state index in [4.69, 9.17) is 9.47 Å². The second-order valence-corrected chi connectivity index (χ2v) is 10.3. The van der Waals surface area contributed by atoms with Crippen molar-refractivity contribution < 1.29 is 24.2 Å². The molecule has 0 aromatic heterocycles. The summed E-state index contributed by atoms with van der Waals surface area (Å²) in [6.45, 7) is 7.67. The van der Waals surface area contributed by atoms with Crippen molar-refractivity contribution in [2.75, 3.05) is 25.7 Å². The largest absolute Gasteiger partial charge is 0.504 e. The lowest BCUT2D eigenvalue weighted by atomic mass is 9.92. The fourth-order valence-electron chi connectivity index (χ4n) is 3.84. The Labute approximate surface area is 211 Å². The molecule has 34 heavy (non-hydrogen) atoms. The van der Waals surface area contributed by atoms with Crippen LogP contribution < -0.4 is 4.74 Å². The smallest absolute Gasteiger partial charge is 0.305 e. The first-order valence-electron chi connectivity index (χ1n) is 11.4. The summed E-state index contributed by atoms with van der Waals surface area (Å²) in [4.78, 5) is 25.7. The Bertz CT molecular complexity index is 1060. The third-order valence-electron chi connectivity index (χ3n) is 5.27. The number of aryl methyl sites for hydroxylation is 1. The summed E-state index contributed by atoms with van der Waals surface area (Å²) in [5.74, 6) is 2.04. The normalized spacial score (nSPS) is 11.4. The van der Waals surface area contributed by atoms with Gasteiger partial charge in [-0.1, -0.05) is 26.0 Å². The predicted molar refractivity (Wildman–Crippen MR) is 142 cm³/mol. The van der Waals surface area contributed by atoms with Crippen molar-refractivity contribution in [1.82, 2.24) is 0 Å². The van der Waals surface area contributed by atoms with Crippen LogP contribution in [0, 0.1) is 6.92 Å². The monoisotopic (exact) mass is 502 g/mol. The van der Waals surface area contributed by atoms with Gasteiger partial charge in [0.1, 0.15) is 0 Å². The van der Waals surface area contributed by atoms with E-state index in [1.54, 1.807) is 43.6 Å². The summed E-state index contributed by atoms with van der Waals surface area (Å²) in [5, 5.41) is 10.7. The minimum absolute atomic E-state index is 0.0485. The molecule has 0 spiro atoms. The second kappa shape index (κ2) is 13.5. The lowest BCUT2D eigenvalue weighted by Crippen LogP contribution is -2.02. The predicted octanol–water partition coefficient (Wildman–Crippen LogP) is 6.91. The van der Waals surface area contributed by atoms with Crippen LogP contribution in [0.15, 0.2) is 40.1 Å². The maximum atomic E-state index is 12.3. The van der Waals surface area contributed by atoms with Gasteiger partial charge in [-0.15, -0.1) is 23.5 Å². The summed E-state index contributed by atoms with van der Waals surface area (Å²) in [5.41, 5.74) is 4.43. The Hall–Kier alpha value is -2.38. The first-order valence-corrected chi connectivity index (χ1v) is 13.3. The maximum Gasteiger partial charge on any atom is 0.305 e. The summed E-state index contributed by atoms with van der Waals surface area (Å²) in [6, 6.07) is 7.82. The van der Waals surface area contributed by atoms with Gasteiger partial charge in [0.15, 0.2) is 17.3 Å². The fraction of sp³-hybridized carbons (Fsp3) is 0.407. The zero-order chi connectivity index (χ0) is 25.3. The van der Waals surface area contributed by atoms with E-state index < -0.39 is 0 Å². The number of methoxy groups -OCH3 is 2. The van der Waals surface area contributed by atoms with E-state index in [-0.39, 0.29) is 17.5 Å². The lowest BCUT2D eigenvalue weighted by Gasteiger charge is -2.17. The summed E-state index contributed by atoms with van der Waals surface area (Å²) in [6.07, 6.45) is 3.74. The van der Waals surface area contributed by atoms with E-state index >= 15 is 0 Å². The van der Waals surface area contributed by atoms with E-state index in [1.165, 1.54) is 7.11 Å². The topological polar surface area (TPSA) is 72.8 Å². The molecule has 0 aliphatic rings. The minimum atomic E-state index is -0.234. The van der Waals surface area contributed by atoms with E-state index in [1.807, 2.05) is 19.1 Å². The number of benzene rings is 2. The number of carbonyl (C=O) groups excluding carboxylic acids is 2. The molecule has 5 nitrogen and oxygen atoms in total. The van der Waals surface area contributed by atoms with Crippen molar-refractivity contribution in [3.8, 4) is 11.5 Å². The fourth-order valence-corrected chi connectivity index (χ4v) is 5.65. The number of phenols is 1. The molecule has 0 atom stereocenters. The van der Waals surface area contributed by atoms with E-state index in [2.05, 4.69) is 26.0 Å². The molecule has 0 aliphatic heterocycles. The van der Waals surface area contributed by atoms with Crippen molar-refractivity contribution in [1.29, 1.82) is 0 Å². The number of ketones is 1. The van der Waals surface area contributed by atoms with Crippen molar-refractivity contribution in [3.63, 3.8) is 0 Å². The van der Waals surface area contributed by atoms with Gasteiger partial charge < -0.3 is 14.6 Å². The minimum Gasteiger partial charge on any atom is -0.504 e. The highest BCUT2D eigenvalue weighted by Crippen LogP contribution is 2.42. The average Bonchev–Trinajstić information content (AvgIpc) is 2.78. The summed E-state index contributed by atoms with van der Waals surface area (Å²) >= 11 is 3.25. The van der Waals surface area contributed by atoms with Crippen LogP contribution in [0.4, 0.5) is 0 Å². The highest BCUT2D eigenvalue weighted by atomic mass is 32.2. The zero-order valence-corrected chi connectivity index (χ0v) is 22.5.